The van der Waals surface area contributed by atoms with Crippen molar-refractivity contribution < 1.29 is 14.5 Å². The molecule has 0 fully saturated rings. The van der Waals surface area contributed by atoms with Crippen LogP contribution >= 0.6 is 11.6 Å². The third kappa shape index (κ3) is 5.29. The Morgan fingerprint density at radius 1 is 1.08 bits per heavy atom. The number of nitro benzene ring substituents is 1. The average molecular weight is 376 g/mol. The van der Waals surface area contributed by atoms with Crippen molar-refractivity contribution in [3.8, 4) is 0 Å². The predicted octanol–water partition coefficient (Wildman–Crippen LogP) is 4.49. The second kappa shape index (κ2) is 8.44. The molecule has 0 saturated carbocycles. The third-order valence-electron chi connectivity index (χ3n) is 3.43. The van der Waals surface area contributed by atoms with Crippen molar-refractivity contribution in [3.63, 3.8) is 0 Å². The highest BCUT2D eigenvalue weighted by atomic mass is 35.5. The Hall–Kier alpha value is -2.93. The summed E-state index contributed by atoms with van der Waals surface area (Å²) in [5, 5.41) is 16.1. The number of amides is 2. The Balaban J connectivity index is 2.03. The van der Waals surface area contributed by atoms with Gasteiger partial charge in [0.25, 0.3) is 11.6 Å². The van der Waals surface area contributed by atoms with Crippen LogP contribution < -0.4 is 10.6 Å². The maximum atomic E-state index is 12.3. The fourth-order valence-electron chi connectivity index (χ4n) is 2.22. The molecule has 0 heterocycles. The second-order valence-corrected chi connectivity index (χ2v) is 6.51. The molecule has 0 unspecified atom stereocenters. The Morgan fingerprint density at radius 2 is 1.65 bits per heavy atom. The van der Waals surface area contributed by atoms with Gasteiger partial charge in [0.2, 0.25) is 5.91 Å². The first-order valence-corrected chi connectivity index (χ1v) is 8.29. The first kappa shape index (κ1) is 19.4. The van der Waals surface area contributed by atoms with Gasteiger partial charge in [-0.1, -0.05) is 25.4 Å². The fraction of sp³-hybridized carbons (Fsp3) is 0.222. The number of benzene rings is 2. The molecule has 0 aliphatic heterocycles. The van der Waals surface area contributed by atoms with E-state index in [0.717, 1.165) is 6.07 Å². The zero-order chi connectivity index (χ0) is 19.3. The summed E-state index contributed by atoms with van der Waals surface area (Å²) < 4.78 is 0. The molecule has 0 aliphatic carbocycles. The van der Waals surface area contributed by atoms with E-state index in [4.69, 9.17) is 11.6 Å². The molecule has 0 bridgehead atoms. The monoisotopic (exact) mass is 375 g/mol. The summed E-state index contributed by atoms with van der Waals surface area (Å²) in [6, 6.07) is 10.3. The summed E-state index contributed by atoms with van der Waals surface area (Å²) in [4.78, 5) is 34.1. The van der Waals surface area contributed by atoms with Gasteiger partial charge in [-0.05, 0) is 36.2 Å². The number of hydrogen-bond donors (Lipinski definition) is 2. The van der Waals surface area contributed by atoms with Crippen LogP contribution in [0, 0.1) is 16.0 Å². The van der Waals surface area contributed by atoms with E-state index in [1.807, 2.05) is 13.8 Å². The van der Waals surface area contributed by atoms with E-state index in [0.29, 0.717) is 17.8 Å². The van der Waals surface area contributed by atoms with Gasteiger partial charge in [-0.2, -0.15) is 0 Å². The minimum absolute atomic E-state index is 0.00531. The molecule has 2 amide bonds. The van der Waals surface area contributed by atoms with Gasteiger partial charge in [0.1, 0.15) is 0 Å². The number of rotatable bonds is 6. The predicted molar refractivity (Wildman–Crippen MR) is 101 cm³/mol. The summed E-state index contributed by atoms with van der Waals surface area (Å²) in [7, 11) is 0. The summed E-state index contributed by atoms with van der Waals surface area (Å²) >= 11 is 5.95. The van der Waals surface area contributed by atoms with Crippen LogP contribution in [0.3, 0.4) is 0 Å². The van der Waals surface area contributed by atoms with Crippen LogP contribution in [-0.4, -0.2) is 16.7 Å². The molecule has 7 nitrogen and oxygen atoms in total. The number of carbonyl (C=O) groups is 2. The number of anilines is 2. The van der Waals surface area contributed by atoms with E-state index in [1.165, 1.54) is 12.1 Å². The smallest absolute Gasteiger partial charge is 0.270 e. The van der Waals surface area contributed by atoms with E-state index < -0.39 is 10.8 Å². The van der Waals surface area contributed by atoms with Gasteiger partial charge < -0.3 is 10.6 Å². The van der Waals surface area contributed by atoms with Crippen LogP contribution in [0.4, 0.5) is 17.1 Å². The molecule has 0 atom stereocenters. The third-order valence-corrected chi connectivity index (χ3v) is 3.74. The van der Waals surface area contributed by atoms with Crippen molar-refractivity contribution in [1.29, 1.82) is 0 Å². The molecule has 2 N–H and O–H groups in total. The minimum atomic E-state index is -0.583. The minimum Gasteiger partial charge on any atom is -0.326 e. The maximum Gasteiger partial charge on any atom is 0.270 e. The number of carbonyl (C=O) groups excluding carboxylic acids is 2. The number of nitro groups is 1. The number of nitrogens with one attached hydrogen (secondary N) is 2. The number of halogens is 1. The standard InChI is InChI=1S/C18H18ClN3O4/c1-11(2)9-17(23)20-12-3-5-13(6-4-12)21-18(24)15-8-7-14(22(25)26)10-16(15)19/h3-8,10-11H,9H2,1-2H3,(H,20,23)(H,21,24). The van der Waals surface area contributed by atoms with Gasteiger partial charge in [-0.15, -0.1) is 0 Å². The van der Waals surface area contributed by atoms with Crippen LogP contribution in [0.15, 0.2) is 42.5 Å². The molecule has 0 spiro atoms. The number of hydrogen-bond acceptors (Lipinski definition) is 4. The molecule has 136 valence electrons. The quantitative estimate of drug-likeness (QED) is 0.573. The second-order valence-electron chi connectivity index (χ2n) is 6.10. The number of nitrogens with zero attached hydrogens (tertiary/aromatic N) is 1. The molecule has 0 aliphatic rings. The summed E-state index contributed by atoms with van der Waals surface area (Å²) in [6.45, 7) is 3.92. The van der Waals surface area contributed by atoms with Gasteiger partial charge in [-0.3, -0.25) is 19.7 Å². The van der Waals surface area contributed by atoms with Gasteiger partial charge in [0.15, 0.2) is 0 Å². The lowest BCUT2D eigenvalue weighted by atomic mass is 10.1. The lowest BCUT2D eigenvalue weighted by Gasteiger charge is -2.09. The zero-order valence-corrected chi connectivity index (χ0v) is 15.0. The van der Waals surface area contributed by atoms with Crippen LogP contribution in [0.5, 0.6) is 0 Å². The molecule has 2 aromatic rings. The van der Waals surface area contributed by atoms with E-state index in [2.05, 4.69) is 10.6 Å². The molecule has 26 heavy (non-hydrogen) atoms. The molecule has 8 heteroatoms. The molecule has 0 saturated heterocycles. The Kier molecular flexibility index (Phi) is 6.30. The molecular formula is C18H18ClN3O4. The lowest BCUT2D eigenvalue weighted by molar-refractivity contribution is -0.384. The fourth-order valence-corrected chi connectivity index (χ4v) is 2.48. The van der Waals surface area contributed by atoms with Crippen molar-refractivity contribution >= 4 is 40.5 Å². The Labute approximate surface area is 155 Å². The van der Waals surface area contributed by atoms with Gasteiger partial charge in [0, 0.05) is 29.9 Å². The SMILES string of the molecule is CC(C)CC(=O)Nc1ccc(NC(=O)c2ccc([N+](=O)[O-])cc2Cl)cc1. The van der Waals surface area contributed by atoms with Gasteiger partial charge in [0.05, 0.1) is 15.5 Å². The van der Waals surface area contributed by atoms with Crippen LogP contribution in [0.2, 0.25) is 5.02 Å². The van der Waals surface area contributed by atoms with Crippen LogP contribution in [-0.2, 0) is 4.79 Å². The Bertz CT molecular complexity index is 835. The zero-order valence-electron chi connectivity index (χ0n) is 14.3. The van der Waals surface area contributed by atoms with Crippen LogP contribution in [0.1, 0.15) is 30.6 Å². The molecule has 0 radical (unpaired) electrons. The Morgan fingerprint density at radius 3 is 2.15 bits per heavy atom. The molecule has 0 aromatic heterocycles. The highest BCUT2D eigenvalue weighted by molar-refractivity contribution is 6.34. The first-order valence-electron chi connectivity index (χ1n) is 7.91. The molecule has 2 rings (SSSR count). The molecule has 2 aromatic carbocycles. The van der Waals surface area contributed by atoms with E-state index in [9.17, 15) is 19.7 Å². The highest BCUT2D eigenvalue weighted by Gasteiger charge is 2.15. The maximum absolute atomic E-state index is 12.3. The summed E-state index contributed by atoms with van der Waals surface area (Å²) in [5.74, 6) is -0.295. The summed E-state index contributed by atoms with van der Waals surface area (Å²) in [6.07, 6.45) is 0.428. The summed E-state index contributed by atoms with van der Waals surface area (Å²) in [5.41, 5.74) is 1.08. The van der Waals surface area contributed by atoms with E-state index >= 15 is 0 Å². The van der Waals surface area contributed by atoms with Gasteiger partial charge >= 0.3 is 0 Å². The van der Waals surface area contributed by atoms with E-state index in [1.54, 1.807) is 24.3 Å². The number of non-ortho nitro benzene ring substituents is 1. The topological polar surface area (TPSA) is 101 Å². The van der Waals surface area contributed by atoms with Crippen molar-refractivity contribution in [2.24, 2.45) is 5.92 Å². The van der Waals surface area contributed by atoms with Crippen LogP contribution in [0.25, 0.3) is 0 Å². The van der Waals surface area contributed by atoms with Crippen molar-refractivity contribution in [3.05, 3.63) is 63.2 Å². The average Bonchev–Trinajstić information content (AvgIpc) is 2.55. The first-order chi connectivity index (χ1) is 12.3. The van der Waals surface area contributed by atoms with E-state index in [-0.39, 0.29) is 28.1 Å². The normalized spacial score (nSPS) is 10.5. The van der Waals surface area contributed by atoms with Crippen molar-refractivity contribution in [2.45, 2.75) is 20.3 Å². The van der Waals surface area contributed by atoms with Crippen molar-refractivity contribution in [2.75, 3.05) is 10.6 Å². The van der Waals surface area contributed by atoms with Gasteiger partial charge in [-0.25, -0.2) is 0 Å². The van der Waals surface area contributed by atoms with Crippen molar-refractivity contribution in [1.82, 2.24) is 0 Å². The highest BCUT2D eigenvalue weighted by Crippen LogP contribution is 2.24. The largest absolute Gasteiger partial charge is 0.326 e. The molecular weight excluding hydrogens is 358 g/mol. The lowest BCUT2D eigenvalue weighted by Crippen LogP contribution is -2.14.